The van der Waals surface area contributed by atoms with E-state index in [9.17, 15) is 9.59 Å². The van der Waals surface area contributed by atoms with Crippen LogP contribution in [0.25, 0.3) is 0 Å². The van der Waals surface area contributed by atoms with Crippen molar-refractivity contribution in [1.82, 2.24) is 20.2 Å². The number of rotatable bonds is 5. The maximum Gasteiger partial charge on any atom is 0.258 e. The molecule has 1 aromatic heterocycles. The van der Waals surface area contributed by atoms with Crippen LogP contribution in [0.15, 0.2) is 48.7 Å². The van der Waals surface area contributed by atoms with Crippen LogP contribution >= 0.6 is 0 Å². The number of aromatic nitrogens is 2. The lowest BCUT2D eigenvalue weighted by atomic mass is 9.93. The normalized spacial score (nSPS) is 18.0. The molecule has 3 aromatic rings. The van der Waals surface area contributed by atoms with Crippen molar-refractivity contribution < 1.29 is 14.3 Å². The number of amides is 2. The largest absolute Gasteiger partial charge is 0.495 e. The van der Waals surface area contributed by atoms with Gasteiger partial charge in [-0.3, -0.25) is 9.59 Å². The van der Waals surface area contributed by atoms with E-state index in [1.165, 1.54) is 0 Å². The Balaban J connectivity index is 1.42. The molecule has 0 bridgehead atoms. The van der Waals surface area contributed by atoms with Gasteiger partial charge >= 0.3 is 0 Å². The van der Waals surface area contributed by atoms with E-state index in [1.807, 2.05) is 31.2 Å². The minimum absolute atomic E-state index is 0.0875. The molecule has 9 nitrogen and oxygen atoms in total. The first-order chi connectivity index (χ1) is 17.9. The Morgan fingerprint density at radius 1 is 1.11 bits per heavy atom. The fourth-order valence-electron chi connectivity index (χ4n) is 5.02. The third-order valence-corrected chi connectivity index (χ3v) is 7.29. The van der Waals surface area contributed by atoms with Crippen LogP contribution in [0.4, 0.5) is 17.3 Å². The van der Waals surface area contributed by atoms with Gasteiger partial charge in [0.2, 0.25) is 5.95 Å². The van der Waals surface area contributed by atoms with Crippen LogP contribution in [0.2, 0.25) is 0 Å². The van der Waals surface area contributed by atoms with Crippen molar-refractivity contribution in [2.24, 2.45) is 0 Å². The standard InChI is InChI=1S/C28H32N6O3/c1-17-20-7-5-6-8-21(20)27(36)34(3)23-16-29-28(32-25(17)23)31-22-15-18(9-10-24(22)37-4)26(35)30-19-11-13-33(2)14-12-19/h5-10,15-17,19H,11-14H2,1-4H3,(H,30,35)(H,29,31,32). The number of hydrogen-bond acceptors (Lipinski definition) is 7. The molecule has 1 unspecified atom stereocenters. The first-order valence-electron chi connectivity index (χ1n) is 12.5. The van der Waals surface area contributed by atoms with Gasteiger partial charge in [0.15, 0.2) is 0 Å². The second-order valence-corrected chi connectivity index (χ2v) is 9.73. The molecule has 0 aliphatic carbocycles. The van der Waals surface area contributed by atoms with Crippen LogP contribution in [-0.4, -0.2) is 67.0 Å². The Morgan fingerprint density at radius 2 is 1.86 bits per heavy atom. The molecule has 2 aromatic carbocycles. The van der Waals surface area contributed by atoms with Gasteiger partial charge in [-0.2, -0.15) is 0 Å². The van der Waals surface area contributed by atoms with Gasteiger partial charge in [-0.05, 0) is 62.8 Å². The third kappa shape index (κ3) is 4.86. The van der Waals surface area contributed by atoms with Crippen LogP contribution in [0.5, 0.6) is 5.75 Å². The van der Waals surface area contributed by atoms with Crippen molar-refractivity contribution in [2.45, 2.75) is 31.7 Å². The molecule has 5 rings (SSSR count). The van der Waals surface area contributed by atoms with E-state index >= 15 is 0 Å². The average Bonchev–Trinajstić information content (AvgIpc) is 2.99. The number of piperidine rings is 1. The quantitative estimate of drug-likeness (QED) is 0.550. The first-order valence-corrected chi connectivity index (χ1v) is 12.5. The number of methoxy groups -OCH3 is 1. The molecule has 192 valence electrons. The summed E-state index contributed by atoms with van der Waals surface area (Å²) in [6.45, 7) is 3.98. The lowest BCUT2D eigenvalue weighted by Gasteiger charge is -2.29. The highest BCUT2D eigenvalue weighted by Gasteiger charge is 2.30. The third-order valence-electron chi connectivity index (χ3n) is 7.29. The van der Waals surface area contributed by atoms with E-state index in [0.717, 1.165) is 37.2 Å². The van der Waals surface area contributed by atoms with Gasteiger partial charge in [0.25, 0.3) is 11.8 Å². The van der Waals surface area contributed by atoms with Gasteiger partial charge in [0.05, 0.1) is 30.4 Å². The summed E-state index contributed by atoms with van der Waals surface area (Å²) < 4.78 is 5.54. The minimum Gasteiger partial charge on any atom is -0.495 e. The zero-order valence-electron chi connectivity index (χ0n) is 21.6. The van der Waals surface area contributed by atoms with Crippen molar-refractivity contribution in [1.29, 1.82) is 0 Å². The molecule has 9 heteroatoms. The van der Waals surface area contributed by atoms with E-state index in [4.69, 9.17) is 9.72 Å². The number of ether oxygens (including phenoxy) is 1. The van der Waals surface area contributed by atoms with Crippen LogP contribution < -0.4 is 20.3 Å². The molecule has 1 saturated heterocycles. The predicted octanol–water partition coefficient (Wildman–Crippen LogP) is 3.79. The zero-order chi connectivity index (χ0) is 26.1. The fraction of sp³-hybridized carbons (Fsp3) is 0.357. The number of nitrogens with zero attached hydrogens (tertiary/aromatic N) is 4. The summed E-state index contributed by atoms with van der Waals surface area (Å²) in [5.74, 6) is 0.609. The van der Waals surface area contributed by atoms with Crippen LogP contribution in [0.3, 0.4) is 0 Å². The van der Waals surface area contributed by atoms with Gasteiger partial charge in [-0.25, -0.2) is 9.97 Å². The number of carbonyl (C=O) groups is 2. The Kier molecular flexibility index (Phi) is 6.80. The highest BCUT2D eigenvalue weighted by Crippen LogP contribution is 2.37. The molecule has 2 amide bonds. The molecular formula is C28H32N6O3. The highest BCUT2D eigenvalue weighted by molar-refractivity contribution is 6.08. The summed E-state index contributed by atoms with van der Waals surface area (Å²) in [6, 6.07) is 13.1. The average molecular weight is 501 g/mol. The van der Waals surface area contributed by atoms with Crippen LogP contribution in [-0.2, 0) is 0 Å². The molecule has 2 aliphatic heterocycles. The number of anilines is 3. The van der Waals surface area contributed by atoms with Crippen molar-refractivity contribution in [3.63, 3.8) is 0 Å². The second-order valence-electron chi connectivity index (χ2n) is 9.73. The van der Waals surface area contributed by atoms with E-state index < -0.39 is 0 Å². The molecule has 2 N–H and O–H groups in total. The van der Waals surface area contributed by atoms with Crippen LogP contribution in [0, 0.1) is 0 Å². The SMILES string of the molecule is COc1ccc(C(=O)NC2CCN(C)CC2)cc1Nc1ncc2c(n1)C(C)c1ccccc1C(=O)N2C. The van der Waals surface area contributed by atoms with Crippen molar-refractivity contribution in [3.8, 4) is 5.75 Å². The Bertz CT molecular complexity index is 1340. The van der Waals surface area contributed by atoms with Crippen molar-refractivity contribution >= 4 is 29.1 Å². The number of fused-ring (bicyclic) bond motifs is 2. The van der Waals surface area contributed by atoms with Gasteiger partial charge < -0.3 is 25.2 Å². The van der Waals surface area contributed by atoms with Gasteiger partial charge in [-0.15, -0.1) is 0 Å². The molecule has 1 fully saturated rings. The Morgan fingerprint density at radius 3 is 2.62 bits per heavy atom. The van der Waals surface area contributed by atoms with E-state index in [1.54, 1.807) is 43.5 Å². The lowest BCUT2D eigenvalue weighted by Crippen LogP contribution is -2.43. The first kappa shape index (κ1) is 24.7. The molecule has 0 saturated carbocycles. The lowest BCUT2D eigenvalue weighted by molar-refractivity contribution is 0.0916. The van der Waals surface area contributed by atoms with E-state index in [-0.39, 0.29) is 23.8 Å². The Labute approximate surface area is 216 Å². The molecule has 0 spiro atoms. The summed E-state index contributed by atoms with van der Waals surface area (Å²) >= 11 is 0. The molecule has 2 aliphatic rings. The van der Waals surface area contributed by atoms with Crippen molar-refractivity contribution in [2.75, 3.05) is 44.5 Å². The monoisotopic (exact) mass is 500 g/mol. The molecule has 0 radical (unpaired) electrons. The maximum atomic E-state index is 13.1. The number of likely N-dealkylation sites (tertiary alicyclic amines) is 1. The van der Waals surface area contributed by atoms with Gasteiger partial charge in [-0.1, -0.05) is 25.1 Å². The highest BCUT2D eigenvalue weighted by atomic mass is 16.5. The molecular weight excluding hydrogens is 468 g/mol. The number of hydrogen-bond donors (Lipinski definition) is 2. The summed E-state index contributed by atoms with van der Waals surface area (Å²) in [4.78, 5) is 39.2. The van der Waals surface area contributed by atoms with Gasteiger partial charge in [0.1, 0.15) is 5.75 Å². The topological polar surface area (TPSA) is 99.7 Å². The smallest absolute Gasteiger partial charge is 0.258 e. The fourth-order valence-corrected chi connectivity index (χ4v) is 5.02. The number of nitrogens with one attached hydrogen (secondary N) is 2. The predicted molar refractivity (Wildman–Crippen MR) is 143 cm³/mol. The van der Waals surface area contributed by atoms with Crippen LogP contribution in [0.1, 0.15) is 57.7 Å². The molecule has 37 heavy (non-hydrogen) atoms. The molecule has 1 atom stereocenters. The number of benzene rings is 2. The summed E-state index contributed by atoms with van der Waals surface area (Å²) in [5.41, 5.74) is 4.11. The number of carbonyl (C=O) groups excluding carboxylic acids is 2. The van der Waals surface area contributed by atoms with E-state index in [2.05, 4.69) is 27.6 Å². The van der Waals surface area contributed by atoms with Crippen molar-refractivity contribution in [3.05, 3.63) is 71.0 Å². The van der Waals surface area contributed by atoms with Gasteiger partial charge in [0, 0.05) is 30.1 Å². The second kappa shape index (κ2) is 10.2. The summed E-state index contributed by atoms with van der Waals surface area (Å²) in [5, 5.41) is 6.39. The Hall–Kier alpha value is -3.98. The van der Waals surface area contributed by atoms with E-state index in [0.29, 0.717) is 34.2 Å². The maximum absolute atomic E-state index is 13.1. The summed E-state index contributed by atoms with van der Waals surface area (Å²) in [6.07, 6.45) is 3.53. The molecule has 3 heterocycles. The zero-order valence-corrected chi connectivity index (χ0v) is 21.6. The summed E-state index contributed by atoms with van der Waals surface area (Å²) in [7, 11) is 5.41. The minimum atomic E-state index is -0.117.